The van der Waals surface area contributed by atoms with E-state index < -0.39 is 42.4 Å². The minimum Gasteiger partial charge on any atom is -0.481 e. The monoisotopic (exact) mass is 292 g/mol. The van der Waals surface area contributed by atoms with Crippen LogP contribution < -0.4 is 16.9 Å². The van der Waals surface area contributed by atoms with Crippen molar-refractivity contribution in [1.29, 1.82) is 0 Å². The second-order valence-electron chi connectivity index (χ2n) is 3.65. The molecule has 0 bridgehead atoms. The molecule has 11 nitrogen and oxygen atoms in total. The van der Waals surface area contributed by atoms with Gasteiger partial charge in [0.1, 0.15) is 6.04 Å². The summed E-state index contributed by atoms with van der Waals surface area (Å²) in [6.07, 6.45) is -0.741. The highest BCUT2D eigenvalue weighted by Gasteiger charge is 2.20. The summed E-state index contributed by atoms with van der Waals surface area (Å²) in [5, 5.41) is 25.7. The van der Waals surface area contributed by atoms with Crippen molar-refractivity contribution in [3.63, 3.8) is 0 Å². The SMILES string of the molecule is NC(=N[C@@H](CC(=O)O)C(=O)O)NOCC[C@H](N)C(=O)O. The van der Waals surface area contributed by atoms with Gasteiger partial charge in [-0.2, -0.15) is 0 Å². The van der Waals surface area contributed by atoms with Gasteiger partial charge in [-0.15, -0.1) is 0 Å². The van der Waals surface area contributed by atoms with Gasteiger partial charge in [0.2, 0.25) is 5.96 Å². The van der Waals surface area contributed by atoms with E-state index in [1.807, 2.05) is 0 Å². The van der Waals surface area contributed by atoms with Crippen LogP contribution in [0.5, 0.6) is 0 Å². The predicted octanol–water partition coefficient (Wildman–Crippen LogP) is -2.45. The van der Waals surface area contributed by atoms with Crippen molar-refractivity contribution in [3.05, 3.63) is 0 Å². The van der Waals surface area contributed by atoms with Crippen molar-refractivity contribution in [2.75, 3.05) is 6.61 Å². The Balaban J connectivity index is 4.19. The van der Waals surface area contributed by atoms with E-state index in [0.29, 0.717) is 0 Å². The Kier molecular flexibility index (Phi) is 7.62. The number of rotatable bonds is 9. The number of nitrogens with two attached hydrogens (primary N) is 2. The van der Waals surface area contributed by atoms with Gasteiger partial charge < -0.3 is 26.8 Å². The highest BCUT2D eigenvalue weighted by atomic mass is 16.6. The van der Waals surface area contributed by atoms with Crippen LogP contribution in [-0.4, -0.2) is 57.9 Å². The van der Waals surface area contributed by atoms with Crippen LogP contribution in [0.3, 0.4) is 0 Å². The van der Waals surface area contributed by atoms with Gasteiger partial charge in [-0.05, 0) is 6.42 Å². The molecule has 0 aromatic heterocycles. The van der Waals surface area contributed by atoms with Crippen LogP contribution in [0.2, 0.25) is 0 Å². The Morgan fingerprint density at radius 1 is 1.20 bits per heavy atom. The van der Waals surface area contributed by atoms with Crippen molar-refractivity contribution in [2.45, 2.75) is 24.9 Å². The number of aliphatic carboxylic acids is 3. The zero-order valence-corrected chi connectivity index (χ0v) is 10.4. The third-order valence-electron chi connectivity index (χ3n) is 1.97. The van der Waals surface area contributed by atoms with Crippen LogP contribution in [0, 0.1) is 0 Å². The van der Waals surface area contributed by atoms with Gasteiger partial charge in [-0.1, -0.05) is 0 Å². The number of hydrogen-bond acceptors (Lipinski definition) is 6. The van der Waals surface area contributed by atoms with Crippen LogP contribution in [0.1, 0.15) is 12.8 Å². The highest BCUT2D eigenvalue weighted by molar-refractivity contribution is 5.85. The molecule has 0 radical (unpaired) electrons. The minimum absolute atomic E-state index is 0.00685. The number of nitrogens with one attached hydrogen (secondary N) is 1. The van der Waals surface area contributed by atoms with Gasteiger partial charge in [0, 0.05) is 0 Å². The lowest BCUT2D eigenvalue weighted by Gasteiger charge is -2.10. The van der Waals surface area contributed by atoms with Crippen LogP contribution in [0.15, 0.2) is 4.99 Å². The summed E-state index contributed by atoms with van der Waals surface area (Å²) in [6, 6.07) is -2.65. The van der Waals surface area contributed by atoms with Crippen molar-refractivity contribution < 1.29 is 34.5 Å². The Bertz CT molecular complexity index is 398. The molecule has 0 aromatic carbocycles. The van der Waals surface area contributed by atoms with Crippen LogP contribution >= 0.6 is 0 Å². The summed E-state index contributed by atoms with van der Waals surface area (Å²) in [6.45, 7) is -0.111. The fraction of sp³-hybridized carbons (Fsp3) is 0.556. The summed E-state index contributed by atoms with van der Waals surface area (Å²) in [7, 11) is 0. The van der Waals surface area contributed by atoms with Crippen LogP contribution in [0.4, 0.5) is 0 Å². The smallest absolute Gasteiger partial charge is 0.329 e. The fourth-order valence-corrected chi connectivity index (χ4v) is 0.982. The standard InChI is InChI=1S/C9H16N4O7/c10-4(7(16)17)1-2-20-13-9(11)12-5(8(18)19)3-6(14)15/h4-5H,1-3,10H2,(H,14,15)(H,16,17)(H,18,19)(H3,11,12,13)/t4-,5-/m0/s1. The minimum atomic E-state index is -1.55. The molecule has 20 heavy (non-hydrogen) atoms. The number of hydroxylamine groups is 1. The normalized spacial score (nSPS) is 14.3. The molecule has 0 aliphatic heterocycles. The van der Waals surface area contributed by atoms with Crippen molar-refractivity contribution in [3.8, 4) is 0 Å². The number of nitrogens with zero attached hydrogens (tertiary/aromatic N) is 1. The summed E-state index contributed by atoms with van der Waals surface area (Å²) in [4.78, 5) is 39.6. The van der Waals surface area contributed by atoms with Crippen LogP contribution in [0.25, 0.3) is 0 Å². The molecule has 0 fully saturated rings. The lowest BCUT2D eigenvalue weighted by molar-refractivity contribution is -0.144. The molecule has 11 heteroatoms. The number of carboxylic acid groups (broad SMARTS) is 3. The maximum atomic E-state index is 10.7. The molecule has 0 unspecified atom stereocenters. The lowest BCUT2D eigenvalue weighted by atomic mass is 10.2. The van der Waals surface area contributed by atoms with E-state index in [0.717, 1.165) is 0 Å². The van der Waals surface area contributed by atoms with Gasteiger partial charge in [0.25, 0.3) is 0 Å². The van der Waals surface area contributed by atoms with E-state index in [2.05, 4.69) is 10.5 Å². The third-order valence-corrected chi connectivity index (χ3v) is 1.97. The van der Waals surface area contributed by atoms with E-state index in [9.17, 15) is 14.4 Å². The van der Waals surface area contributed by atoms with E-state index in [4.69, 9.17) is 31.6 Å². The summed E-state index contributed by atoms with van der Waals surface area (Å²) < 4.78 is 0. The molecule has 0 aromatic rings. The number of carboxylic acids is 3. The van der Waals surface area contributed by atoms with Gasteiger partial charge >= 0.3 is 17.9 Å². The Morgan fingerprint density at radius 2 is 1.80 bits per heavy atom. The van der Waals surface area contributed by atoms with Crippen molar-refractivity contribution in [2.24, 2.45) is 16.5 Å². The molecule has 8 N–H and O–H groups in total. The van der Waals surface area contributed by atoms with E-state index in [1.54, 1.807) is 0 Å². The lowest BCUT2D eigenvalue weighted by Crippen LogP contribution is -2.37. The number of hydrogen-bond donors (Lipinski definition) is 6. The Morgan fingerprint density at radius 3 is 2.25 bits per heavy atom. The Labute approximate surface area is 113 Å². The third kappa shape index (κ3) is 7.84. The van der Waals surface area contributed by atoms with Gasteiger partial charge in [0.05, 0.1) is 13.0 Å². The molecular formula is C9H16N4O7. The fourth-order valence-electron chi connectivity index (χ4n) is 0.982. The summed E-state index contributed by atoms with van der Waals surface area (Å²) in [5.41, 5.74) is 12.5. The van der Waals surface area contributed by atoms with Crippen LogP contribution in [-0.2, 0) is 19.2 Å². The maximum absolute atomic E-state index is 10.7. The van der Waals surface area contributed by atoms with E-state index in [-0.39, 0.29) is 13.0 Å². The van der Waals surface area contributed by atoms with Gasteiger partial charge in [-0.3, -0.25) is 14.4 Å². The molecule has 0 aliphatic rings. The van der Waals surface area contributed by atoms with Crippen molar-refractivity contribution >= 4 is 23.9 Å². The Hall–Kier alpha value is -2.40. The second kappa shape index (κ2) is 8.66. The summed E-state index contributed by atoms with van der Waals surface area (Å²) in [5.74, 6) is -4.43. The molecule has 0 spiro atoms. The zero-order chi connectivity index (χ0) is 15.7. The molecule has 0 heterocycles. The topological polar surface area (TPSA) is 198 Å². The first-order valence-electron chi connectivity index (χ1n) is 5.38. The first-order chi connectivity index (χ1) is 9.23. The largest absolute Gasteiger partial charge is 0.481 e. The molecule has 2 atom stereocenters. The van der Waals surface area contributed by atoms with Gasteiger partial charge in [0.15, 0.2) is 6.04 Å². The quantitative estimate of drug-likeness (QED) is 0.115. The molecule has 114 valence electrons. The molecule has 0 aliphatic carbocycles. The number of aliphatic imine (C=N–C) groups is 1. The summed E-state index contributed by atoms with van der Waals surface area (Å²) >= 11 is 0. The second-order valence-corrected chi connectivity index (χ2v) is 3.65. The first-order valence-corrected chi connectivity index (χ1v) is 5.38. The van der Waals surface area contributed by atoms with Gasteiger partial charge in [-0.25, -0.2) is 15.3 Å². The molecule has 0 rings (SSSR count). The highest BCUT2D eigenvalue weighted by Crippen LogP contribution is 1.98. The molecular weight excluding hydrogens is 276 g/mol. The number of carbonyl (C=O) groups is 3. The predicted molar refractivity (Wildman–Crippen MR) is 64.6 cm³/mol. The molecule has 0 amide bonds. The first kappa shape index (κ1) is 17.6. The molecule has 0 saturated carbocycles. The average Bonchev–Trinajstić information content (AvgIpc) is 2.32. The average molecular weight is 292 g/mol. The van der Waals surface area contributed by atoms with E-state index in [1.165, 1.54) is 0 Å². The maximum Gasteiger partial charge on any atom is 0.329 e. The zero-order valence-electron chi connectivity index (χ0n) is 10.4. The number of guanidine groups is 1. The molecule has 0 saturated heterocycles. The van der Waals surface area contributed by atoms with E-state index >= 15 is 0 Å². The van der Waals surface area contributed by atoms with Crippen molar-refractivity contribution in [1.82, 2.24) is 5.48 Å².